The molecular formula is C21H18F3N7O3. The minimum Gasteiger partial charge on any atom is -0.378 e. The predicted molar refractivity (Wildman–Crippen MR) is 112 cm³/mol. The van der Waals surface area contributed by atoms with E-state index in [1.54, 1.807) is 6.07 Å². The minimum absolute atomic E-state index is 0.0224. The summed E-state index contributed by atoms with van der Waals surface area (Å²) in [6.07, 6.45) is 2.21. The van der Waals surface area contributed by atoms with Gasteiger partial charge in [-0.25, -0.2) is 23.1 Å². The van der Waals surface area contributed by atoms with Crippen LogP contribution in [0.3, 0.4) is 0 Å². The van der Waals surface area contributed by atoms with Gasteiger partial charge in [-0.05, 0) is 19.1 Å². The molecule has 1 unspecified atom stereocenters. The van der Waals surface area contributed by atoms with Crippen molar-refractivity contribution in [3.05, 3.63) is 65.8 Å². The van der Waals surface area contributed by atoms with Gasteiger partial charge in [-0.2, -0.15) is 5.10 Å². The van der Waals surface area contributed by atoms with Crippen LogP contribution in [0.25, 0.3) is 22.9 Å². The lowest BCUT2D eigenvalue weighted by Gasteiger charge is -2.20. The predicted octanol–water partition coefficient (Wildman–Crippen LogP) is 2.11. The van der Waals surface area contributed by atoms with Gasteiger partial charge < -0.3 is 20.7 Å². The Morgan fingerprint density at radius 3 is 2.74 bits per heavy atom. The highest BCUT2D eigenvalue weighted by Gasteiger charge is 2.28. The normalized spacial score (nSPS) is 13.0. The Bertz CT molecular complexity index is 1340. The molecule has 4 aromatic rings. The lowest BCUT2D eigenvalue weighted by molar-refractivity contribution is -0.133. The summed E-state index contributed by atoms with van der Waals surface area (Å²) in [5, 5.41) is 20.7. The van der Waals surface area contributed by atoms with Gasteiger partial charge in [-0.3, -0.25) is 9.48 Å². The van der Waals surface area contributed by atoms with Crippen LogP contribution >= 0.6 is 0 Å². The Balaban J connectivity index is 1.70. The van der Waals surface area contributed by atoms with Crippen LogP contribution in [0.4, 0.5) is 19.0 Å². The number of carbonyl (C=O) groups excluding carboxylic acids is 1. The number of benzene rings is 1. The molecule has 176 valence electrons. The Hall–Kier alpha value is -4.26. The first-order valence-corrected chi connectivity index (χ1v) is 9.86. The average molecular weight is 473 g/mol. The lowest BCUT2D eigenvalue weighted by atomic mass is 10.1. The van der Waals surface area contributed by atoms with Crippen molar-refractivity contribution in [1.82, 2.24) is 24.9 Å². The van der Waals surface area contributed by atoms with E-state index in [0.717, 1.165) is 12.3 Å². The number of aromatic nitrogens is 5. The minimum atomic E-state index is -1.95. The van der Waals surface area contributed by atoms with E-state index >= 15 is 0 Å². The van der Waals surface area contributed by atoms with Crippen LogP contribution in [0.5, 0.6) is 0 Å². The number of rotatable bonds is 8. The second-order valence-corrected chi connectivity index (χ2v) is 7.55. The zero-order valence-electron chi connectivity index (χ0n) is 17.7. The number of nitrogens with two attached hydrogens (primary N) is 1. The fraction of sp³-hybridized carbons (Fsp3) is 0.190. The van der Waals surface area contributed by atoms with Crippen molar-refractivity contribution in [2.75, 3.05) is 11.9 Å². The van der Waals surface area contributed by atoms with Crippen molar-refractivity contribution in [3.8, 4) is 22.9 Å². The maximum atomic E-state index is 14.2. The number of amides is 1. The van der Waals surface area contributed by atoms with Crippen LogP contribution in [0.1, 0.15) is 12.5 Å². The third-order valence-corrected chi connectivity index (χ3v) is 4.94. The quantitative estimate of drug-likeness (QED) is 0.353. The topological polar surface area (TPSA) is 145 Å². The van der Waals surface area contributed by atoms with E-state index in [1.807, 2.05) is 0 Å². The molecule has 0 aliphatic carbocycles. The maximum absolute atomic E-state index is 14.2. The molecule has 1 aromatic carbocycles. The van der Waals surface area contributed by atoms with Crippen molar-refractivity contribution in [3.63, 3.8) is 0 Å². The summed E-state index contributed by atoms with van der Waals surface area (Å²) >= 11 is 0. The van der Waals surface area contributed by atoms with Gasteiger partial charge in [0.05, 0.1) is 25.0 Å². The standard InChI is InChI=1S/C21H18F3N7O3/c1-21(33,20(25)32)10-27-18-13(23)8-26-19(28-18)15-7-16(14-5-6-34-30-14)31(29-15)9-11-3-2-4-12(22)17(11)24/h2-8,33H,9-10H2,1H3,(H2,25,32)(H,26,27,28). The fourth-order valence-corrected chi connectivity index (χ4v) is 2.99. The molecule has 0 saturated carbocycles. The Kier molecular flexibility index (Phi) is 6.03. The molecule has 0 saturated heterocycles. The summed E-state index contributed by atoms with van der Waals surface area (Å²) in [4.78, 5) is 19.3. The first-order valence-electron chi connectivity index (χ1n) is 9.86. The van der Waals surface area contributed by atoms with Gasteiger partial charge in [0.15, 0.2) is 34.7 Å². The van der Waals surface area contributed by atoms with Crippen LogP contribution in [0, 0.1) is 17.5 Å². The molecule has 3 aromatic heterocycles. The highest BCUT2D eigenvalue weighted by Crippen LogP contribution is 2.26. The number of carbonyl (C=O) groups is 1. The molecular weight excluding hydrogens is 455 g/mol. The van der Waals surface area contributed by atoms with E-state index in [-0.39, 0.29) is 29.4 Å². The molecule has 13 heteroatoms. The summed E-state index contributed by atoms with van der Waals surface area (Å²) in [6, 6.07) is 6.85. The van der Waals surface area contributed by atoms with Crippen molar-refractivity contribution in [2.24, 2.45) is 5.73 Å². The third kappa shape index (κ3) is 4.59. The molecule has 3 heterocycles. The van der Waals surface area contributed by atoms with Gasteiger partial charge in [-0.1, -0.05) is 17.3 Å². The third-order valence-electron chi connectivity index (χ3n) is 4.94. The average Bonchev–Trinajstić information content (AvgIpc) is 3.46. The van der Waals surface area contributed by atoms with Gasteiger partial charge in [0.2, 0.25) is 0 Å². The number of aliphatic hydroxyl groups is 1. The van der Waals surface area contributed by atoms with E-state index < -0.39 is 35.5 Å². The van der Waals surface area contributed by atoms with Gasteiger partial charge in [0.1, 0.15) is 17.7 Å². The smallest absolute Gasteiger partial charge is 0.250 e. The molecule has 1 atom stereocenters. The first kappa shape index (κ1) is 22.9. The number of hydrogen-bond donors (Lipinski definition) is 3. The molecule has 0 aliphatic rings. The number of halogens is 3. The summed E-state index contributed by atoms with van der Waals surface area (Å²) in [5.41, 5.74) is 4.10. The molecule has 0 spiro atoms. The number of hydrogen-bond acceptors (Lipinski definition) is 8. The molecule has 0 aliphatic heterocycles. The maximum Gasteiger partial charge on any atom is 0.250 e. The van der Waals surface area contributed by atoms with Crippen molar-refractivity contribution < 1.29 is 27.6 Å². The molecule has 0 bridgehead atoms. The first-order chi connectivity index (χ1) is 16.2. The van der Waals surface area contributed by atoms with Gasteiger partial charge in [0, 0.05) is 11.6 Å². The largest absolute Gasteiger partial charge is 0.378 e. The molecule has 34 heavy (non-hydrogen) atoms. The van der Waals surface area contributed by atoms with Crippen LogP contribution in [0.15, 0.2) is 47.3 Å². The van der Waals surface area contributed by atoms with E-state index in [0.29, 0.717) is 11.4 Å². The second kappa shape index (κ2) is 8.94. The van der Waals surface area contributed by atoms with Gasteiger partial charge in [0.25, 0.3) is 5.91 Å². The fourth-order valence-electron chi connectivity index (χ4n) is 2.99. The molecule has 10 nitrogen and oxygen atoms in total. The SMILES string of the molecule is CC(O)(CNc1nc(-c2cc(-c3ccon3)n(Cc3cccc(F)c3F)n2)ncc1F)C(N)=O. The summed E-state index contributed by atoms with van der Waals surface area (Å²) in [5.74, 6) is -4.20. The van der Waals surface area contributed by atoms with E-state index in [2.05, 4.69) is 25.5 Å². The monoisotopic (exact) mass is 473 g/mol. The Labute approximate surface area is 190 Å². The summed E-state index contributed by atoms with van der Waals surface area (Å²) in [7, 11) is 0. The van der Waals surface area contributed by atoms with Crippen LogP contribution in [-0.4, -0.2) is 48.1 Å². The van der Waals surface area contributed by atoms with Crippen molar-refractivity contribution in [2.45, 2.75) is 19.1 Å². The van der Waals surface area contributed by atoms with Crippen LogP contribution < -0.4 is 11.1 Å². The summed E-state index contributed by atoms with van der Waals surface area (Å²) < 4.78 is 48.4. The number of nitrogens with one attached hydrogen (secondary N) is 1. The molecule has 1 amide bonds. The van der Waals surface area contributed by atoms with Gasteiger partial charge in [-0.15, -0.1) is 0 Å². The van der Waals surface area contributed by atoms with Crippen LogP contribution in [0.2, 0.25) is 0 Å². The van der Waals surface area contributed by atoms with E-state index in [1.165, 1.54) is 36.1 Å². The second-order valence-electron chi connectivity index (χ2n) is 7.55. The summed E-state index contributed by atoms with van der Waals surface area (Å²) in [6.45, 7) is 0.604. The van der Waals surface area contributed by atoms with Crippen molar-refractivity contribution in [1.29, 1.82) is 0 Å². The zero-order valence-corrected chi connectivity index (χ0v) is 17.7. The molecule has 0 radical (unpaired) electrons. The van der Waals surface area contributed by atoms with E-state index in [4.69, 9.17) is 10.3 Å². The lowest BCUT2D eigenvalue weighted by Crippen LogP contribution is -2.46. The highest BCUT2D eigenvalue weighted by atomic mass is 19.2. The number of anilines is 1. The van der Waals surface area contributed by atoms with Crippen molar-refractivity contribution >= 4 is 11.7 Å². The molecule has 4 N–H and O–H groups in total. The van der Waals surface area contributed by atoms with E-state index in [9.17, 15) is 23.1 Å². The number of nitrogens with zero attached hydrogens (tertiary/aromatic N) is 5. The van der Waals surface area contributed by atoms with Gasteiger partial charge >= 0.3 is 0 Å². The number of primary amides is 1. The zero-order chi connectivity index (χ0) is 24.5. The Morgan fingerprint density at radius 1 is 1.24 bits per heavy atom. The Morgan fingerprint density at radius 2 is 2.03 bits per heavy atom. The molecule has 0 fully saturated rings. The molecule has 4 rings (SSSR count). The highest BCUT2D eigenvalue weighted by molar-refractivity contribution is 5.83. The van der Waals surface area contributed by atoms with Crippen LogP contribution in [-0.2, 0) is 11.3 Å².